The highest BCUT2D eigenvalue weighted by atomic mass is 16.5. The summed E-state index contributed by atoms with van der Waals surface area (Å²) >= 11 is 0. The summed E-state index contributed by atoms with van der Waals surface area (Å²) in [6.45, 7) is 3.52. The van der Waals surface area contributed by atoms with Crippen molar-refractivity contribution in [2.45, 2.75) is 25.9 Å². The van der Waals surface area contributed by atoms with Crippen molar-refractivity contribution in [3.63, 3.8) is 0 Å². The molecule has 1 aliphatic rings. The molecule has 2 heterocycles. The molecule has 0 aromatic carbocycles. The van der Waals surface area contributed by atoms with E-state index in [1.165, 1.54) is 10.9 Å². The maximum absolute atomic E-state index is 11.9. The number of aromatic nitrogens is 2. The Bertz CT molecular complexity index is 430. The zero-order chi connectivity index (χ0) is 13.1. The van der Waals surface area contributed by atoms with Crippen LogP contribution in [-0.4, -0.2) is 34.9 Å². The molecule has 6 heteroatoms. The van der Waals surface area contributed by atoms with Gasteiger partial charge in [-0.1, -0.05) is 6.92 Å². The van der Waals surface area contributed by atoms with Crippen LogP contribution in [0.2, 0.25) is 0 Å². The lowest BCUT2D eigenvalue weighted by Gasteiger charge is -2.17. The van der Waals surface area contributed by atoms with Crippen LogP contribution in [0.4, 0.5) is 5.82 Å². The number of amides is 1. The predicted octanol–water partition coefficient (Wildman–Crippen LogP) is 0.547. The average molecular weight is 252 g/mol. The van der Waals surface area contributed by atoms with Gasteiger partial charge in [-0.15, -0.1) is 0 Å². The summed E-state index contributed by atoms with van der Waals surface area (Å²) in [6, 6.07) is 0. The molecule has 2 atom stereocenters. The summed E-state index contributed by atoms with van der Waals surface area (Å²) in [5.74, 6) is 0.626. The minimum absolute atomic E-state index is 0.164. The van der Waals surface area contributed by atoms with Gasteiger partial charge in [0.05, 0.1) is 12.3 Å². The first kappa shape index (κ1) is 12.9. The number of nitrogens with one attached hydrogen (secondary N) is 1. The van der Waals surface area contributed by atoms with E-state index in [1.807, 2.05) is 0 Å². The third-order valence-electron chi connectivity index (χ3n) is 3.50. The second kappa shape index (κ2) is 5.39. The highest BCUT2D eigenvalue weighted by molar-refractivity contribution is 5.98. The SMILES string of the molecule is CCC1OCCC1CNC(=O)c1cnn(C)c1N. The number of ether oxygens (including phenoxy) is 1. The van der Waals surface area contributed by atoms with Gasteiger partial charge in [-0.05, 0) is 12.8 Å². The van der Waals surface area contributed by atoms with E-state index in [-0.39, 0.29) is 12.0 Å². The van der Waals surface area contributed by atoms with Crippen LogP contribution in [0.3, 0.4) is 0 Å². The molecule has 0 bridgehead atoms. The van der Waals surface area contributed by atoms with Gasteiger partial charge >= 0.3 is 0 Å². The Morgan fingerprint density at radius 2 is 2.50 bits per heavy atom. The number of carbonyl (C=O) groups is 1. The van der Waals surface area contributed by atoms with Crippen molar-refractivity contribution in [1.29, 1.82) is 0 Å². The molecule has 1 aromatic heterocycles. The van der Waals surface area contributed by atoms with Crippen molar-refractivity contribution in [2.75, 3.05) is 18.9 Å². The minimum atomic E-state index is -0.164. The molecule has 18 heavy (non-hydrogen) atoms. The summed E-state index contributed by atoms with van der Waals surface area (Å²) in [7, 11) is 1.71. The molecule has 1 amide bonds. The molecule has 2 unspecified atom stereocenters. The van der Waals surface area contributed by atoms with Crippen molar-refractivity contribution < 1.29 is 9.53 Å². The fraction of sp³-hybridized carbons (Fsp3) is 0.667. The lowest BCUT2D eigenvalue weighted by molar-refractivity contribution is 0.0827. The maximum atomic E-state index is 11.9. The number of aryl methyl sites for hydroxylation is 1. The molecule has 1 aromatic rings. The van der Waals surface area contributed by atoms with E-state index in [0.717, 1.165) is 19.4 Å². The van der Waals surface area contributed by atoms with Gasteiger partial charge in [-0.25, -0.2) is 0 Å². The van der Waals surface area contributed by atoms with Gasteiger partial charge in [0.25, 0.3) is 5.91 Å². The Kier molecular flexibility index (Phi) is 3.86. The Morgan fingerprint density at radius 3 is 3.11 bits per heavy atom. The number of rotatable bonds is 4. The largest absolute Gasteiger partial charge is 0.383 e. The van der Waals surface area contributed by atoms with E-state index in [1.54, 1.807) is 7.05 Å². The first-order valence-corrected chi connectivity index (χ1v) is 6.30. The van der Waals surface area contributed by atoms with E-state index in [9.17, 15) is 4.79 Å². The molecule has 100 valence electrons. The highest BCUT2D eigenvalue weighted by Gasteiger charge is 2.27. The number of nitrogen functional groups attached to an aromatic ring is 1. The van der Waals surface area contributed by atoms with Crippen LogP contribution in [0.1, 0.15) is 30.1 Å². The molecule has 2 rings (SSSR count). The van der Waals surface area contributed by atoms with E-state index in [4.69, 9.17) is 10.5 Å². The standard InChI is InChI=1S/C12H20N4O2/c1-3-10-8(4-5-18-10)6-14-12(17)9-7-15-16(2)11(9)13/h7-8,10H,3-6,13H2,1-2H3,(H,14,17). The lowest BCUT2D eigenvalue weighted by atomic mass is 9.99. The van der Waals surface area contributed by atoms with Crippen LogP contribution >= 0.6 is 0 Å². The Labute approximate surface area is 106 Å². The van der Waals surface area contributed by atoms with Crippen LogP contribution in [0, 0.1) is 5.92 Å². The third-order valence-corrected chi connectivity index (χ3v) is 3.50. The van der Waals surface area contributed by atoms with Crippen molar-refractivity contribution in [3.8, 4) is 0 Å². The van der Waals surface area contributed by atoms with Gasteiger partial charge < -0.3 is 15.8 Å². The smallest absolute Gasteiger partial charge is 0.256 e. The molecular weight excluding hydrogens is 232 g/mol. The molecule has 1 saturated heterocycles. The fourth-order valence-electron chi connectivity index (χ4n) is 2.32. The molecule has 0 spiro atoms. The number of hydrogen-bond acceptors (Lipinski definition) is 4. The average Bonchev–Trinajstić information content (AvgIpc) is 2.94. The quantitative estimate of drug-likeness (QED) is 0.819. The van der Waals surface area contributed by atoms with Crippen molar-refractivity contribution >= 4 is 11.7 Å². The predicted molar refractivity (Wildman–Crippen MR) is 68.1 cm³/mol. The van der Waals surface area contributed by atoms with Gasteiger partial charge in [0.2, 0.25) is 0 Å². The molecule has 1 fully saturated rings. The molecule has 6 nitrogen and oxygen atoms in total. The lowest BCUT2D eigenvalue weighted by Crippen LogP contribution is -2.32. The summed E-state index contributed by atoms with van der Waals surface area (Å²) < 4.78 is 7.08. The van der Waals surface area contributed by atoms with E-state index < -0.39 is 0 Å². The molecule has 0 aliphatic carbocycles. The van der Waals surface area contributed by atoms with Crippen molar-refractivity contribution in [2.24, 2.45) is 13.0 Å². The maximum Gasteiger partial charge on any atom is 0.256 e. The van der Waals surface area contributed by atoms with Crippen LogP contribution < -0.4 is 11.1 Å². The zero-order valence-corrected chi connectivity index (χ0v) is 10.8. The molecule has 0 radical (unpaired) electrons. The second-order valence-electron chi connectivity index (χ2n) is 4.64. The highest BCUT2D eigenvalue weighted by Crippen LogP contribution is 2.22. The van der Waals surface area contributed by atoms with E-state index >= 15 is 0 Å². The van der Waals surface area contributed by atoms with Gasteiger partial charge in [0.1, 0.15) is 11.4 Å². The summed E-state index contributed by atoms with van der Waals surface area (Å²) in [6.07, 6.45) is 3.74. The normalized spacial score (nSPS) is 23.2. The third kappa shape index (κ3) is 2.48. The van der Waals surface area contributed by atoms with Crippen molar-refractivity contribution in [3.05, 3.63) is 11.8 Å². The molecule has 0 saturated carbocycles. The minimum Gasteiger partial charge on any atom is -0.383 e. The van der Waals surface area contributed by atoms with E-state index in [2.05, 4.69) is 17.3 Å². The van der Waals surface area contributed by atoms with Gasteiger partial charge in [-0.2, -0.15) is 5.10 Å². The van der Waals surface area contributed by atoms with Crippen LogP contribution in [0.15, 0.2) is 6.20 Å². The second-order valence-corrected chi connectivity index (χ2v) is 4.64. The van der Waals surface area contributed by atoms with E-state index in [0.29, 0.717) is 23.8 Å². The monoisotopic (exact) mass is 252 g/mol. The Hall–Kier alpha value is -1.56. The molecular formula is C12H20N4O2. The van der Waals surface area contributed by atoms with Gasteiger partial charge in [0, 0.05) is 26.1 Å². The van der Waals surface area contributed by atoms with Crippen LogP contribution in [-0.2, 0) is 11.8 Å². The summed E-state index contributed by atoms with van der Waals surface area (Å²) in [5, 5.41) is 6.86. The topological polar surface area (TPSA) is 82.2 Å². The Morgan fingerprint density at radius 1 is 1.72 bits per heavy atom. The van der Waals surface area contributed by atoms with Crippen LogP contribution in [0.25, 0.3) is 0 Å². The Balaban J connectivity index is 1.90. The molecule has 1 aliphatic heterocycles. The first-order valence-electron chi connectivity index (χ1n) is 6.30. The fourth-order valence-corrected chi connectivity index (χ4v) is 2.32. The van der Waals surface area contributed by atoms with Crippen molar-refractivity contribution in [1.82, 2.24) is 15.1 Å². The van der Waals surface area contributed by atoms with Gasteiger partial charge in [-0.3, -0.25) is 9.48 Å². The molecule has 3 N–H and O–H groups in total. The van der Waals surface area contributed by atoms with Gasteiger partial charge in [0.15, 0.2) is 0 Å². The number of carbonyl (C=O) groups excluding carboxylic acids is 1. The number of nitrogens with zero attached hydrogens (tertiary/aromatic N) is 2. The first-order chi connectivity index (χ1) is 8.63. The zero-order valence-electron chi connectivity index (χ0n) is 10.8. The summed E-state index contributed by atoms with van der Waals surface area (Å²) in [5.41, 5.74) is 6.19. The summed E-state index contributed by atoms with van der Waals surface area (Å²) in [4.78, 5) is 11.9. The van der Waals surface area contributed by atoms with Crippen LogP contribution in [0.5, 0.6) is 0 Å². The number of hydrogen-bond donors (Lipinski definition) is 2. The number of anilines is 1. The number of nitrogens with two attached hydrogens (primary N) is 1.